The van der Waals surface area contributed by atoms with Crippen molar-refractivity contribution in [3.63, 3.8) is 0 Å². The maximum absolute atomic E-state index is 13.5. The van der Waals surface area contributed by atoms with E-state index in [1.54, 1.807) is 0 Å². The van der Waals surface area contributed by atoms with Gasteiger partial charge in [0.1, 0.15) is 11.5 Å². The molecule has 16 aromatic rings. The lowest BCUT2D eigenvalue weighted by molar-refractivity contribution is 0.103. The third kappa shape index (κ3) is 7.51. The Kier molecular flexibility index (Phi) is 12.3. The van der Waals surface area contributed by atoms with Gasteiger partial charge in [-0.3, -0.25) is 9.59 Å². The number of ketones is 2. The lowest BCUT2D eigenvalue weighted by atomic mass is 9.77. The molecule has 0 radical (unpaired) electrons. The van der Waals surface area contributed by atoms with Crippen molar-refractivity contribution in [2.75, 3.05) is 13.2 Å². The van der Waals surface area contributed by atoms with Gasteiger partial charge in [0.15, 0.2) is 11.6 Å². The van der Waals surface area contributed by atoms with Crippen LogP contribution in [0.4, 0.5) is 0 Å². The first-order valence-electron chi connectivity index (χ1n) is 32.3. The van der Waals surface area contributed by atoms with Gasteiger partial charge in [-0.1, -0.05) is 236 Å². The predicted octanol–water partition coefficient (Wildman–Crippen LogP) is 23.1. The molecule has 0 fully saturated rings. The van der Waals surface area contributed by atoms with E-state index in [2.05, 4.69) is 161 Å². The van der Waals surface area contributed by atoms with E-state index in [9.17, 15) is 9.59 Å². The van der Waals surface area contributed by atoms with E-state index in [-0.39, 0.29) is 11.6 Å². The molecule has 2 aliphatic rings. The van der Waals surface area contributed by atoms with Crippen molar-refractivity contribution in [3.8, 4) is 33.8 Å². The van der Waals surface area contributed by atoms with Crippen LogP contribution in [-0.2, 0) is 0 Å². The second-order valence-electron chi connectivity index (χ2n) is 25.2. The second kappa shape index (κ2) is 20.5. The minimum Gasteiger partial charge on any atom is -0.492 e. The molecule has 0 heterocycles. The smallest absolute Gasteiger partial charge is 0.194 e. The van der Waals surface area contributed by atoms with E-state index < -0.39 is 0 Å². The minimum absolute atomic E-state index is 0.0834. The van der Waals surface area contributed by atoms with E-state index in [1.807, 2.05) is 60.7 Å². The largest absolute Gasteiger partial charge is 0.492 e. The van der Waals surface area contributed by atoms with Gasteiger partial charge < -0.3 is 9.47 Å². The molecule has 0 amide bonds. The van der Waals surface area contributed by atoms with E-state index in [1.165, 1.54) is 125 Å². The molecular weight excluding hydrogens is 1070 g/mol. The first kappa shape index (κ1) is 52.7. The van der Waals surface area contributed by atoms with Gasteiger partial charge in [0, 0.05) is 65.3 Å². The molecule has 4 nitrogen and oxygen atoms in total. The van der Waals surface area contributed by atoms with Gasteiger partial charge >= 0.3 is 0 Å². The summed E-state index contributed by atoms with van der Waals surface area (Å²) in [5.41, 5.74) is 7.27. The van der Waals surface area contributed by atoms with Crippen LogP contribution in [0.5, 0.6) is 11.5 Å². The zero-order valence-electron chi connectivity index (χ0n) is 50.3. The zero-order valence-corrected chi connectivity index (χ0v) is 50.3. The number of carbonyl (C=O) groups excluding carboxylic acids is 2. The van der Waals surface area contributed by atoms with E-state index >= 15 is 0 Å². The van der Waals surface area contributed by atoms with Crippen LogP contribution in [-0.4, -0.2) is 24.8 Å². The maximum Gasteiger partial charge on any atom is 0.194 e. The van der Waals surface area contributed by atoms with Crippen molar-refractivity contribution < 1.29 is 19.1 Å². The lowest BCUT2D eigenvalue weighted by Gasteiger charge is -2.25. The van der Waals surface area contributed by atoms with Crippen molar-refractivity contribution in [2.45, 2.75) is 79.1 Å². The molecule has 0 aromatic heterocycles. The Morgan fingerprint density at radius 2 is 0.534 bits per heavy atom. The Hall–Kier alpha value is -9.64. The summed E-state index contributed by atoms with van der Waals surface area (Å²) in [5.74, 6) is 3.37. The summed E-state index contributed by atoms with van der Waals surface area (Å²) in [6, 6.07) is 69.4. The Morgan fingerprint density at radius 3 is 0.886 bits per heavy atom. The van der Waals surface area contributed by atoms with E-state index in [4.69, 9.17) is 9.47 Å². The predicted molar refractivity (Wildman–Crippen MR) is 372 cm³/mol. The van der Waals surface area contributed by atoms with Crippen molar-refractivity contribution in [1.29, 1.82) is 0 Å². The normalized spacial score (nSPS) is 13.6. The van der Waals surface area contributed by atoms with Crippen LogP contribution < -0.4 is 9.47 Å². The molecule has 0 saturated heterocycles. The SMILES string of the molecule is CCCCC(CC)COc1c2ccccc2c2ccc3c4ccc5c(OCC(CC)CCCC)c6ccccc6c6ccc(c7ccc1c2c73)c4c56.O=C1c2ccccc2-c2ccc3c4ccc5c6c(ccc(c7ccc1c2c73)c64)-c1ccccc1C5=O. The van der Waals surface area contributed by atoms with Crippen LogP contribution in [0.3, 0.4) is 0 Å². The summed E-state index contributed by atoms with van der Waals surface area (Å²) in [6.07, 6.45) is 9.67. The summed E-state index contributed by atoms with van der Waals surface area (Å²) in [5, 5.41) is 29.4. The maximum atomic E-state index is 13.5. The number of rotatable bonds is 14. The molecule has 0 spiro atoms. The van der Waals surface area contributed by atoms with Gasteiger partial charge in [0.25, 0.3) is 0 Å². The van der Waals surface area contributed by atoms with Crippen LogP contribution in [0.1, 0.15) is 111 Å². The monoisotopic (exact) mass is 1140 g/mol. The molecule has 2 aliphatic carbocycles. The van der Waals surface area contributed by atoms with Crippen LogP contribution in [0.15, 0.2) is 194 Å². The van der Waals surface area contributed by atoms with Crippen molar-refractivity contribution in [2.24, 2.45) is 11.8 Å². The Balaban J connectivity index is 0.000000145. The second-order valence-corrected chi connectivity index (χ2v) is 25.2. The molecular formula is C84H66O4. The Bertz CT molecular complexity index is 5190. The molecule has 426 valence electrons. The fraction of sp³-hybridized carbons (Fsp3) is 0.190. The molecule has 0 aliphatic heterocycles. The third-order valence-corrected chi connectivity index (χ3v) is 20.6. The summed E-state index contributed by atoms with van der Waals surface area (Å²) < 4.78 is 13.9. The topological polar surface area (TPSA) is 52.6 Å². The highest BCUT2D eigenvalue weighted by Gasteiger charge is 2.31. The summed E-state index contributed by atoms with van der Waals surface area (Å²) in [7, 11) is 0. The van der Waals surface area contributed by atoms with Crippen molar-refractivity contribution in [3.05, 3.63) is 216 Å². The molecule has 2 unspecified atom stereocenters. The van der Waals surface area contributed by atoms with E-state index in [0.717, 1.165) is 125 Å². The number of ether oxygens (including phenoxy) is 2. The van der Waals surface area contributed by atoms with Crippen LogP contribution >= 0.6 is 0 Å². The van der Waals surface area contributed by atoms with Gasteiger partial charge in [-0.2, -0.15) is 0 Å². The Labute approximate surface area is 511 Å². The molecule has 4 heteroatoms. The van der Waals surface area contributed by atoms with Gasteiger partial charge in [-0.05, 0) is 157 Å². The molecule has 88 heavy (non-hydrogen) atoms. The number of unbranched alkanes of at least 4 members (excludes halogenated alkanes) is 2. The molecule has 0 N–H and O–H groups in total. The van der Waals surface area contributed by atoms with Gasteiger partial charge in [-0.15, -0.1) is 0 Å². The van der Waals surface area contributed by atoms with Gasteiger partial charge in [-0.25, -0.2) is 0 Å². The average molecular weight is 1140 g/mol. The highest BCUT2D eigenvalue weighted by molar-refractivity contribution is 6.44. The van der Waals surface area contributed by atoms with Crippen LogP contribution in [0.25, 0.3) is 152 Å². The number of fused-ring (bicyclic) bond motifs is 12. The van der Waals surface area contributed by atoms with Crippen LogP contribution in [0.2, 0.25) is 0 Å². The van der Waals surface area contributed by atoms with Crippen LogP contribution in [0, 0.1) is 11.8 Å². The summed E-state index contributed by atoms with van der Waals surface area (Å²) >= 11 is 0. The minimum atomic E-state index is 0.0834. The zero-order chi connectivity index (χ0) is 59.1. The number of hydrogen-bond donors (Lipinski definition) is 0. The molecule has 0 saturated carbocycles. The number of benzene rings is 16. The van der Waals surface area contributed by atoms with Crippen molar-refractivity contribution >= 4 is 141 Å². The van der Waals surface area contributed by atoms with E-state index in [0.29, 0.717) is 11.8 Å². The number of carbonyl (C=O) groups is 2. The van der Waals surface area contributed by atoms with Crippen molar-refractivity contribution in [1.82, 2.24) is 0 Å². The fourth-order valence-electron chi connectivity index (χ4n) is 16.2. The molecule has 18 rings (SSSR count). The lowest BCUT2D eigenvalue weighted by Crippen LogP contribution is -2.12. The highest BCUT2D eigenvalue weighted by Crippen LogP contribution is 2.54. The van der Waals surface area contributed by atoms with Gasteiger partial charge in [0.05, 0.1) is 13.2 Å². The average Bonchev–Trinajstić information content (AvgIpc) is 0.836. The molecule has 16 aromatic carbocycles. The Morgan fingerprint density at radius 1 is 0.261 bits per heavy atom. The first-order chi connectivity index (χ1) is 43.4. The van der Waals surface area contributed by atoms with Gasteiger partial charge in [0.2, 0.25) is 0 Å². The fourth-order valence-corrected chi connectivity index (χ4v) is 16.2. The molecule has 2 atom stereocenters. The third-order valence-electron chi connectivity index (χ3n) is 20.6. The highest BCUT2D eigenvalue weighted by atomic mass is 16.5. The number of hydrogen-bond acceptors (Lipinski definition) is 4. The summed E-state index contributed by atoms with van der Waals surface area (Å²) in [6.45, 7) is 10.7. The standard InChI is InChI=1S/C50H50O2.C34H16O2/c1-5-9-15-31(7-3)29-51-49-41-19-13-11-17-33(41)35-21-23-37-40-26-28-44-48-36(22-24-38(46(40)48)39-25-27-43(49)47(35)45(37)39)34-18-12-14-20-42(34)50(44)52-30-32(8-4)16-10-6-2;35-33-25-7-3-1-5-17(25)19-9-11-21-24-14-16-28-32-20(18-6-2-4-8-26(18)34(28)36)10-12-22(30(24)32)23-13-15-27(33)31(19)29(21)23/h11-14,17-28,31-32H,5-10,15-16,29-30H2,1-4H3;1-16H. The quantitative estimate of drug-likeness (QED) is 0.0804. The summed E-state index contributed by atoms with van der Waals surface area (Å²) in [4.78, 5) is 27.0. The first-order valence-corrected chi connectivity index (χ1v) is 32.3. The molecule has 0 bridgehead atoms.